The second-order valence-corrected chi connectivity index (χ2v) is 7.98. The van der Waals surface area contributed by atoms with Crippen molar-refractivity contribution >= 4 is 68.0 Å². The average Bonchev–Trinajstić information content (AvgIpc) is 2.91. The highest BCUT2D eigenvalue weighted by atomic mass is 79.9. The van der Waals surface area contributed by atoms with Crippen LogP contribution < -0.4 is 0 Å². The highest BCUT2D eigenvalue weighted by Crippen LogP contribution is 2.34. The number of rotatable bonds is 5. The maximum absolute atomic E-state index is 12.5. The number of nitro benzene ring substituents is 1. The summed E-state index contributed by atoms with van der Waals surface area (Å²) in [5.41, 5.74) is 0.417. The summed E-state index contributed by atoms with van der Waals surface area (Å²) >= 11 is 9.71. The van der Waals surface area contributed by atoms with Crippen LogP contribution in [-0.4, -0.2) is 33.3 Å². The molecule has 2 aromatic carbocycles. The molecule has 1 heterocycles. The van der Waals surface area contributed by atoms with E-state index in [1.807, 2.05) is 0 Å². The molecule has 7 nitrogen and oxygen atoms in total. The smallest absolute Gasteiger partial charge is 0.292 e. The van der Waals surface area contributed by atoms with E-state index in [2.05, 4.69) is 15.9 Å². The topological polar surface area (TPSA) is 97.6 Å². The van der Waals surface area contributed by atoms with Crippen molar-refractivity contribution in [3.63, 3.8) is 0 Å². The van der Waals surface area contributed by atoms with E-state index in [0.717, 1.165) is 9.37 Å². The lowest BCUT2D eigenvalue weighted by Crippen LogP contribution is -2.33. The third-order valence-corrected chi connectivity index (χ3v) is 5.56. The van der Waals surface area contributed by atoms with Gasteiger partial charge in [0.1, 0.15) is 5.02 Å². The largest absolute Gasteiger partial charge is 0.293 e. The molecule has 2 amide bonds. The summed E-state index contributed by atoms with van der Waals surface area (Å²) < 4.78 is 0.801. The van der Waals surface area contributed by atoms with Gasteiger partial charge < -0.3 is 0 Å². The van der Waals surface area contributed by atoms with Gasteiger partial charge in [-0.05, 0) is 41.6 Å². The first-order valence-corrected chi connectivity index (χ1v) is 9.73. The molecular weight excluding hydrogens is 472 g/mol. The summed E-state index contributed by atoms with van der Waals surface area (Å²) in [6.07, 6.45) is 1.36. The highest BCUT2D eigenvalue weighted by molar-refractivity contribution is 9.10. The molecule has 1 aliphatic heterocycles. The normalized spacial score (nSPS) is 15.4. The quantitative estimate of drug-likeness (QED) is 0.260. The van der Waals surface area contributed by atoms with Gasteiger partial charge in [-0.15, -0.1) is 0 Å². The Morgan fingerprint density at radius 1 is 1.21 bits per heavy atom. The minimum atomic E-state index is -0.637. The zero-order valence-electron chi connectivity index (χ0n) is 13.9. The molecule has 0 aliphatic carbocycles. The SMILES string of the molecule is O=C(CN1C(=O)S/C(=C\c2ccc(Cl)c([N+](=O)[O-])c2)C1=O)c1ccc(Br)cc1. The average molecular weight is 482 g/mol. The van der Waals surface area contributed by atoms with Crippen LogP contribution in [0.2, 0.25) is 5.02 Å². The van der Waals surface area contributed by atoms with Gasteiger partial charge in [0.2, 0.25) is 0 Å². The minimum absolute atomic E-state index is 0.0321. The van der Waals surface area contributed by atoms with Crippen molar-refractivity contribution in [2.45, 2.75) is 0 Å². The van der Waals surface area contributed by atoms with Gasteiger partial charge in [-0.2, -0.15) is 0 Å². The minimum Gasteiger partial charge on any atom is -0.292 e. The fourth-order valence-corrected chi connectivity index (χ4v) is 3.71. The second-order valence-electron chi connectivity index (χ2n) is 5.67. The summed E-state index contributed by atoms with van der Waals surface area (Å²) in [5, 5.41) is 10.4. The Hall–Kier alpha value is -2.49. The summed E-state index contributed by atoms with van der Waals surface area (Å²) in [6, 6.07) is 10.6. The first-order chi connectivity index (χ1) is 13.3. The Morgan fingerprint density at radius 3 is 2.54 bits per heavy atom. The molecule has 2 aromatic rings. The Balaban J connectivity index is 1.80. The van der Waals surface area contributed by atoms with Crippen LogP contribution in [0.15, 0.2) is 51.8 Å². The fraction of sp³-hybridized carbons (Fsp3) is 0.0556. The Morgan fingerprint density at radius 2 is 1.89 bits per heavy atom. The molecule has 10 heteroatoms. The van der Waals surface area contributed by atoms with E-state index < -0.39 is 16.1 Å². The van der Waals surface area contributed by atoms with E-state index in [0.29, 0.717) is 22.9 Å². The lowest BCUT2D eigenvalue weighted by Gasteiger charge is -2.11. The van der Waals surface area contributed by atoms with Gasteiger partial charge in [0.05, 0.1) is 16.4 Å². The van der Waals surface area contributed by atoms with Crippen molar-refractivity contribution in [1.29, 1.82) is 0 Å². The molecule has 1 fully saturated rings. The number of amides is 2. The van der Waals surface area contributed by atoms with Crippen LogP contribution in [0.1, 0.15) is 15.9 Å². The molecule has 3 rings (SSSR count). The van der Waals surface area contributed by atoms with E-state index >= 15 is 0 Å². The number of benzene rings is 2. The van der Waals surface area contributed by atoms with Crippen LogP contribution >= 0.6 is 39.3 Å². The number of carbonyl (C=O) groups is 3. The monoisotopic (exact) mass is 480 g/mol. The van der Waals surface area contributed by atoms with Gasteiger partial charge in [0.25, 0.3) is 16.8 Å². The van der Waals surface area contributed by atoms with Crippen molar-refractivity contribution in [2.24, 2.45) is 0 Å². The van der Waals surface area contributed by atoms with Crippen LogP contribution in [-0.2, 0) is 4.79 Å². The number of nitro groups is 1. The van der Waals surface area contributed by atoms with Gasteiger partial charge in [-0.25, -0.2) is 0 Å². The zero-order chi connectivity index (χ0) is 20.4. The number of thioether (sulfide) groups is 1. The van der Waals surface area contributed by atoms with Crippen LogP contribution in [0, 0.1) is 10.1 Å². The Labute approximate surface area is 176 Å². The summed E-state index contributed by atoms with van der Waals surface area (Å²) in [7, 11) is 0. The number of nitrogens with zero attached hydrogens (tertiary/aromatic N) is 2. The number of carbonyl (C=O) groups excluding carboxylic acids is 3. The molecule has 0 aromatic heterocycles. The number of Topliss-reactive ketones (excluding diaryl/α,β-unsaturated/α-hetero) is 1. The lowest BCUT2D eigenvalue weighted by atomic mass is 10.1. The fourth-order valence-electron chi connectivity index (χ4n) is 2.42. The van der Waals surface area contributed by atoms with Gasteiger partial charge >= 0.3 is 0 Å². The molecule has 0 bridgehead atoms. The highest BCUT2D eigenvalue weighted by Gasteiger charge is 2.36. The molecule has 0 saturated carbocycles. The number of hydrogen-bond acceptors (Lipinski definition) is 6. The van der Waals surface area contributed by atoms with Crippen molar-refractivity contribution in [2.75, 3.05) is 6.54 Å². The molecule has 0 atom stereocenters. The van der Waals surface area contributed by atoms with E-state index in [-0.39, 0.29) is 27.9 Å². The third-order valence-electron chi connectivity index (χ3n) is 3.81. The van der Waals surface area contributed by atoms with Crippen LogP contribution in [0.3, 0.4) is 0 Å². The van der Waals surface area contributed by atoms with E-state index in [1.165, 1.54) is 24.3 Å². The summed E-state index contributed by atoms with van der Waals surface area (Å²) in [4.78, 5) is 48.3. The van der Waals surface area contributed by atoms with Crippen molar-refractivity contribution < 1.29 is 19.3 Å². The maximum atomic E-state index is 12.5. The van der Waals surface area contributed by atoms with Crippen molar-refractivity contribution in [3.05, 3.63) is 78.1 Å². The zero-order valence-corrected chi connectivity index (χ0v) is 17.1. The number of halogens is 2. The molecule has 0 spiro atoms. The predicted molar refractivity (Wildman–Crippen MR) is 109 cm³/mol. The number of ketones is 1. The van der Waals surface area contributed by atoms with E-state index in [9.17, 15) is 24.5 Å². The van der Waals surface area contributed by atoms with Gasteiger partial charge in [0, 0.05) is 16.1 Å². The van der Waals surface area contributed by atoms with Crippen molar-refractivity contribution in [1.82, 2.24) is 4.90 Å². The summed E-state index contributed by atoms with van der Waals surface area (Å²) in [5.74, 6) is -1.00. The molecule has 1 saturated heterocycles. The molecule has 0 N–H and O–H groups in total. The molecule has 0 unspecified atom stereocenters. The van der Waals surface area contributed by atoms with Crippen molar-refractivity contribution in [3.8, 4) is 0 Å². The maximum Gasteiger partial charge on any atom is 0.293 e. The predicted octanol–water partition coefficient (Wildman–Crippen LogP) is 4.93. The molecule has 28 heavy (non-hydrogen) atoms. The van der Waals surface area contributed by atoms with Crippen LogP contribution in [0.4, 0.5) is 10.5 Å². The first kappa shape index (κ1) is 20.2. The molecule has 0 radical (unpaired) electrons. The van der Waals surface area contributed by atoms with Crippen LogP contribution in [0.25, 0.3) is 6.08 Å². The molecule has 142 valence electrons. The number of hydrogen-bond donors (Lipinski definition) is 0. The van der Waals surface area contributed by atoms with Gasteiger partial charge in [-0.3, -0.25) is 29.4 Å². The van der Waals surface area contributed by atoms with Gasteiger partial charge in [0.15, 0.2) is 5.78 Å². The van der Waals surface area contributed by atoms with Crippen LogP contribution in [0.5, 0.6) is 0 Å². The van der Waals surface area contributed by atoms with E-state index in [1.54, 1.807) is 24.3 Å². The first-order valence-electron chi connectivity index (χ1n) is 7.74. The Kier molecular flexibility index (Phi) is 5.97. The Bertz CT molecular complexity index is 1040. The third kappa shape index (κ3) is 4.32. The molecule has 1 aliphatic rings. The number of imide groups is 1. The molecular formula is C18H10BrClN2O5S. The van der Waals surface area contributed by atoms with E-state index in [4.69, 9.17) is 11.6 Å². The second kappa shape index (κ2) is 8.26. The summed E-state index contributed by atoms with van der Waals surface area (Å²) in [6.45, 7) is -0.385. The lowest BCUT2D eigenvalue weighted by molar-refractivity contribution is -0.384. The standard InChI is InChI=1S/C18H10BrClN2O5S/c19-12-4-2-11(3-5-12)15(23)9-21-17(24)16(28-18(21)25)8-10-1-6-13(20)14(7-10)22(26)27/h1-8H,9H2/b16-8-. The van der Waals surface area contributed by atoms with Gasteiger partial charge in [-0.1, -0.05) is 45.7 Å².